The second-order valence-corrected chi connectivity index (χ2v) is 5.20. The summed E-state index contributed by atoms with van der Waals surface area (Å²) in [6.07, 6.45) is 0. The first kappa shape index (κ1) is 12.9. The summed E-state index contributed by atoms with van der Waals surface area (Å²) in [6.45, 7) is 1.83. The van der Waals surface area contributed by atoms with Gasteiger partial charge in [0.1, 0.15) is 5.25 Å². The number of rotatable bonds is 5. The van der Waals surface area contributed by atoms with E-state index in [-0.39, 0.29) is 12.3 Å². The van der Waals surface area contributed by atoms with Gasteiger partial charge in [0, 0.05) is 23.1 Å². The number of benzene rings is 1. The average molecular weight is 241 g/mol. The molecular weight excluding hydrogens is 226 g/mol. The van der Waals surface area contributed by atoms with Crippen molar-refractivity contribution in [3.8, 4) is 0 Å². The molecule has 0 fully saturated rings. The van der Waals surface area contributed by atoms with Gasteiger partial charge < -0.3 is 10.8 Å². The Labute approximate surface area is 96.9 Å². The molecule has 0 aliphatic carbocycles. The lowest BCUT2D eigenvalue weighted by molar-refractivity contribution is -0.136. The summed E-state index contributed by atoms with van der Waals surface area (Å²) in [7, 11) is -1.47. The summed E-state index contributed by atoms with van der Waals surface area (Å²) in [5.74, 6) is -0.871. The van der Waals surface area contributed by atoms with Crippen molar-refractivity contribution in [3.63, 3.8) is 0 Å². The molecule has 0 aromatic heterocycles. The number of carboxylic acids is 1. The van der Waals surface area contributed by atoms with Crippen LogP contribution in [-0.4, -0.2) is 27.1 Å². The van der Waals surface area contributed by atoms with E-state index in [9.17, 15) is 9.00 Å². The van der Waals surface area contributed by atoms with E-state index >= 15 is 0 Å². The fraction of sp³-hybridized carbons (Fsp3) is 0.364. The largest absolute Gasteiger partial charge is 0.480 e. The van der Waals surface area contributed by atoms with Crippen LogP contribution in [0.3, 0.4) is 0 Å². The maximum atomic E-state index is 11.7. The SMILES string of the molecule is Cc1cccc(CS(=O)C(CN)C(=O)O)c1. The molecule has 3 N–H and O–H groups in total. The van der Waals surface area contributed by atoms with Crippen molar-refractivity contribution < 1.29 is 14.1 Å². The molecule has 0 saturated carbocycles. The fourth-order valence-electron chi connectivity index (χ4n) is 1.39. The number of aliphatic carboxylic acids is 1. The lowest BCUT2D eigenvalue weighted by Crippen LogP contribution is -2.34. The van der Waals surface area contributed by atoms with Crippen LogP contribution in [0.1, 0.15) is 11.1 Å². The quantitative estimate of drug-likeness (QED) is 0.793. The third kappa shape index (κ3) is 3.43. The van der Waals surface area contributed by atoms with E-state index in [0.717, 1.165) is 11.1 Å². The Balaban J connectivity index is 2.74. The molecule has 1 aromatic rings. The molecule has 0 aliphatic rings. The Morgan fingerprint density at radius 2 is 2.25 bits per heavy atom. The summed E-state index contributed by atoms with van der Waals surface area (Å²) in [4.78, 5) is 10.8. The Kier molecular flexibility index (Phi) is 4.64. The molecule has 2 unspecified atom stereocenters. The minimum Gasteiger partial charge on any atom is -0.480 e. The highest BCUT2D eigenvalue weighted by Crippen LogP contribution is 2.09. The predicted octanol–water partition coefficient (Wildman–Crippen LogP) is 0.656. The summed E-state index contributed by atoms with van der Waals surface area (Å²) >= 11 is 0. The van der Waals surface area contributed by atoms with E-state index in [4.69, 9.17) is 10.8 Å². The molecule has 88 valence electrons. The molecule has 0 radical (unpaired) electrons. The van der Waals surface area contributed by atoms with Crippen LogP contribution in [0.25, 0.3) is 0 Å². The van der Waals surface area contributed by atoms with Crippen molar-refractivity contribution in [1.82, 2.24) is 0 Å². The van der Waals surface area contributed by atoms with Crippen LogP contribution in [0.15, 0.2) is 24.3 Å². The highest BCUT2D eigenvalue weighted by Gasteiger charge is 2.22. The third-order valence-corrected chi connectivity index (χ3v) is 3.84. The maximum absolute atomic E-state index is 11.7. The van der Waals surface area contributed by atoms with Crippen molar-refractivity contribution in [1.29, 1.82) is 0 Å². The molecule has 0 aliphatic heterocycles. The number of carboxylic acid groups (broad SMARTS) is 1. The van der Waals surface area contributed by atoms with Gasteiger partial charge in [0.15, 0.2) is 0 Å². The van der Waals surface area contributed by atoms with Gasteiger partial charge in [-0.25, -0.2) is 0 Å². The van der Waals surface area contributed by atoms with E-state index in [0.29, 0.717) is 0 Å². The van der Waals surface area contributed by atoms with Crippen LogP contribution in [-0.2, 0) is 21.3 Å². The van der Waals surface area contributed by atoms with Gasteiger partial charge >= 0.3 is 5.97 Å². The molecule has 1 rings (SSSR count). The van der Waals surface area contributed by atoms with Crippen molar-refractivity contribution in [2.24, 2.45) is 5.73 Å². The van der Waals surface area contributed by atoms with E-state index in [1.165, 1.54) is 0 Å². The van der Waals surface area contributed by atoms with E-state index in [1.54, 1.807) is 0 Å². The van der Waals surface area contributed by atoms with Gasteiger partial charge in [-0.1, -0.05) is 29.8 Å². The second kappa shape index (κ2) is 5.77. The Hall–Kier alpha value is -1.20. The molecule has 0 saturated heterocycles. The summed E-state index contributed by atoms with van der Waals surface area (Å²) < 4.78 is 11.7. The van der Waals surface area contributed by atoms with Gasteiger partial charge in [-0.3, -0.25) is 9.00 Å². The smallest absolute Gasteiger partial charge is 0.320 e. The van der Waals surface area contributed by atoms with E-state index in [2.05, 4.69) is 0 Å². The molecule has 1 aromatic carbocycles. The van der Waals surface area contributed by atoms with Crippen LogP contribution >= 0.6 is 0 Å². The zero-order valence-corrected chi connectivity index (χ0v) is 9.87. The fourth-order valence-corrected chi connectivity index (χ4v) is 2.54. The maximum Gasteiger partial charge on any atom is 0.320 e. The van der Waals surface area contributed by atoms with Crippen molar-refractivity contribution >= 4 is 16.8 Å². The van der Waals surface area contributed by atoms with Gasteiger partial charge in [0.05, 0.1) is 0 Å². The van der Waals surface area contributed by atoms with Gasteiger partial charge in [0.2, 0.25) is 0 Å². The van der Waals surface area contributed by atoms with Crippen LogP contribution in [0.4, 0.5) is 0 Å². The molecule has 0 heterocycles. The van der Waals surface area contributed by atoms with Crippen LogP contribution in [0.2, 0.25) is 0 Å². The summed E-state index contributed by atoms with van der Waals surface area (Å²) in [5, 5.41) is 7.82. The number of hydrogen-bond acceptors (Lipinski definition) is 3. The highest BCUT2D eigenvalue weighted by atomic mass is 32.2. The third-order valence-electron chi connectivity index (χ3n) is 2.20. The molecule has 0 spiro atoms. The second-order valence-electron chi connectivity index (χ2n) is 3.58. The minimum absolute atomic E-state index is 0.103. The van der Waals surface area contributed by atoms with E-state index in [1.807, 2.05) is 31.2 Å². The van der Waals surface area contributed by atoms with Crippen LogP contribution < -0.4 is 5.73 Å². The minimum atomic E-state index is -1.47. The van der Waals surface area contributed by atoms with Gasteiger partial charge in [0.25, 0.3) is 0 Å². The summed E-state index contributed by atoms with van der Waals surface area (Å²) in [5.41, 5.74) is 7.22. The molecule has 2 atom stereocenters. The topological polar surface area (TPSA) is 80.4 Å². The normalized spacial score (nSPS) is 14.4. The van der Waals surface area contributed by atoms with Crippen molar-refractivity contribution in [2.75, 3.05) is 6.54 Å². The van der Waals surface area contributed by atoms with Crippen LogP contribution in [0.5, 0.6) is 0 Å². The molecule has 16 heavy (non-hydrogen) atoms. The monoisotopic (exact) mass is 241 g/mol. The van der Waals surface area contributed by atoms with Gasteiger partial charge in [-0.15, -0.1) is 0 Å². The molecule has 0 bridgehead atoms. The van der Waals surface area contributed by atoms with E-state index < -0.39 is 22.0 Å². The average Bonchev–Trinajstić information content (AvgIpc) is 2.17. The first-order chi connectivity index (χ1) is 7.54. The zero-order valence-electron chi connectivity index (χ0n) is 9.05. The standard InChI is InChI=1S/C11H15NO3S/c1-8-3-2-4-9(5-8)7-16(15)10(6-12)11(13)14/h2-5,10H,6-7,12H2,1H3,(H,13,14). The highest BCUT2D eigenvalue weighted by molar-refractivity contribution is 7.85. The lowest BCUT2D eigenvalue weighted by Gasteiger charge is -2.09. The first-order valence-electron chi connectivity index (χ1n) is 4.90. The van der Waals surface area contributed by atoms with Crippen molar-refractivity contribution in [2.45, 2.75) is 17.9 Å². The summed E-state index contributed by atoms with van der Waals surface area (Å²) in [6, 6.07) is 7.53. The Bertz CT molecular complexity index is 406. The molecule has 4 nitrogen and oxygen atoms in total. The number of hydrogen-bond donors (Lipinski definition) is 2. The Morgan fingerprint density at radius 3 is 2.75 bits per heavy atom. The zero-order chi connectivity index (χ0) is 12.1. The molecule has 5 heteroatoms. The predicted molar refractivity (Wildman–Crippen MR) is 63.5 cm³/mol. The number of carbonyl (C=O) groups is 1. The first-order valence-corrected chi connectivity index (χ1v) is 6.28. The number of aryl methyl sites for hydroxylation is 1. The number of nitrogens with two attached hydrogens (primary N) is 1. The van der Waals surface area contributed by atoms with Crippen molar-refractivity contribution in [3.05, 3.63) is 35.4 Å². The van der Waals surface area contributed by atoms with Gasteiger partial charge in [-0.05, 0) is 12.5 Å². The van der Waals surface area contributed by atoms with Crippen LogP contribution in [0, 0.1) is 6.92 Å². The molecular formula is C11H15NO3S. The Morgan fingerprint density at radius 1 is 1.56 bits per heavy atom. The molecule has 0 amide bonds. The van der Waals surface area contributed by atoms with Gasteiger partial charge in [-0.2, -0.15) is 0 Å². The lowest BCUT2D eigenvalue weighted by atomic mass is 10.2.